The predicted octanol–water partition coefficient (Wildman–Crippen LogP) is 2.58. The third kappa shape index (κ3) is 3.22. The van der Waals surface area contributed by atoms with E-state index < -0.39 is 11.6 Å². The lowest BCUT2D eigenvalue weighted by atomic mass is 10.1. The monoisotopic (exact) mass is 271 g/mol. The van der Waals surface area contributed by atoms with Crippen molar-refractivity contribution >= 4 is 0 Å². The van der Waals surface area contributed by atoms with Crippen LogP contribution in [-0.4, -0.2) is 38.3 Å². The lowest BCUT2D eigenvalue weighted by molar-refractivity contribution is 0.0400. The molecular weight excluding hydrogens is 252 g/mol. The maximum absolute atomic E-state index is 14.0. The lowest BCUT2D eigenvalue weighted by Crippen LogP contribution is -2.36. The molecule has 0 bridgehead atoms. The SMILES string of the molecule is COc1ccc(F)c(CN(C)C2CCOCC2)c1F. The second-order valence-corrected chi connectivity index (χ2v) is 4.80. The van der Waals surface area contributed by atoms with Gasteiger partial charge in [0.15, 0.2) is 11.6 Å². The van der Waals surface area contributed by atoms with Crippen molar-refractivity contribution in [2.24, 2.45) is 0 Å². The van der Waals surface area contributed by atoms with Gasteiger partial charge in [0.25, 0.3) is 0 Å². The summed E-state index contributed by atoms with van der Waals surface area (Å²) in [6.07, 6.45) is 1.79. The van der Waals surface area contributed by atoms with Gasteiger partial charge in [0.05, 0.1) is 7.11 Å². The highest BCUT2D eigenvalue weighted by Crippen LogP contribution is 2.25. The van der Waals surface area contributed by atoms with Gasteiger partial charge in [-0.05, 0) is 32.0 Å². The van der Waals surface area contributed by atoms with Crippen LogP contribution in [0.1, 0.15) is 18.4 Å². The molecule has 3 nitrogen and oxygen atoms in total. The molecule has 0 aromatic heterocycles. The van der Waals surface area contributed by atoms with Gasteiger partial charge in [-0.15, -0.1) is 0 Å². The van der Waals surface area contributed by atoms with Gasteiger partial charge in [-0.2, -0.15) is 0 Å². The van der Waals surface area contributed by atoms with E-state index >= 15 is 0 Å². The zero-order valence-electron chi connectivity index (χ0n) is 11.3. The van der Waals surface area contributed by atoms with Crippen molar-refractivity contribution < 1.29 is 18.3 Å². The van der Waals surface area contributed by atoms with E-state index in [1.54, 1.807) is 0 Å². The largest absolute Gasteiger partial charge is 0.494 e. The Bertz CT molecular complexity index is 434. The van der Waals surface area contributed by atoms with E-state index in [2.05, 4.69) is 0 Å². The molecule has 0 unspecified atom stereocenters. The molecule has 5 heteroatoms. The number of hydrogen-bond acceptors (Lipinski definition) is 3. The van der Waals surface area contributed by atoms with Crippen molar-refractivity contribution in [2.45, 2.75) is 25.4 Å². The zero-order chi connectivity index (χ0) is 13.8. The van der Waals surface area contributed by atoms with E-state index in [0.717, 1.165) is 12.8 Å². The maximum Gasteiger partial charge on any atom is 0.172 e. The van der Waals surface area contributed by atoms with Crippen LogP contribution >= 0.6 is 0 Å². The Morgan fingerprint density at radius 2 is 2.00 bits per heavy atom. The molecule has 0 atom stereocenters. The normalized spacial score (nSPS) is 16.9. The lowest BCUT2D eigenvalue weighted by Gasteiger charge is -2.31. The van der Waals surface area contributed by atoms with Crippen molar-refractivity contribution in [1.29, 1.82) is 0 Å². The molecule has 1 aliphatic heterocycles. The summed E-state index contributed by atoms with van der Waals surface area (Å²) in [4.78, 5) is 1.98. The van der Waals surface area contributed by atoms with E-state index in [9.17, 15) is 8.78 Å². The average Bonchev–Trinajstić information content (AvgIpc) is 2.44. The van der Waals surface area contributed by atoms with Gasteiger partial charge in [0.2, 0.25) is 0 Å². The first-order valence-electron chi connectivity index (χ1n) is 6.42. The Morgan fingerprint density at radius 1 is 1.32 bits per heavy atom. The maximum atomic E-state index is 14.0. The molecule has 0 N–H and O–H groups in total. The summed E-state index contributed by atoms with van der Waals surface area (Å²) in [6, 6.07) is 2.86. The van der Waals surface area contributed by atoms with Crippen LogP contribution in [0, 0.1) is 11.6 Å². The van der Waals surface area contributed by atoms with Crippen molar-refractivity contribution in [1.82, 2.24) is 4.90 Å². The van der Waals surface area contributed by atoms with Gasteiger partial charge >= 0.3 is 0 Å². The quantitative estimate of drug-likeness (QED) is 0.840. The number of benzene rings is 1. The van der Waals surface area contributed by atoms with Gasteiger partial charge in [0.1, 0.15) is 5.82 Å². The Kier molecular flexibility index (Phi) is 4.71. The van der Waals surface area contributed by atoms with Crippen LogP contribution in [0.3, 0.4) is 0 Å². The molecule has 0 amide bonds. The summed E-state index contributed by atoms with van der Waals surface area (Å²) in [5.74, 6) is -1.06. The summed E-state index contributed by atoms with van der Waals surface area (Å²) in [5.41, 5.74) is 0.0633. The van der Waals surface area contributed by atoms with Gasteiger partial charge in [-0.25, -0.2) is 8.78 Å². The fourth-order valence-corrected chi connectivity index (χ4v) is 2.38. The first kappa shape index (κ1) is 14.2. The Hall–Kier alpha value is -1.20. The number of methoxy groups -OCH3 is 1. The van der Waals surface area contributed by atoms with Gasteiger partial charge in [-0.1, -0.05) is 0 Å². The molecule has 1 saturated heterocycles. The van der Waals surface area contributed by atoms with Crippen LogP contribution in [0.25, 0.3) is 0 Å². The molecule has 2 rings (SSSR count). The minimum absolute atomic E-state index is 0.0633. The summed E-state index contributed by atoms with van der Waals surface area (Å²) < 4.78 is 38.0. The third-order valence-corrected chi connectivity index (χ3v) is 3.59. The molecule has 1 aromatic rings. The van der Waals surface area contributed by atoms with Crippen molar-refractivity contribution in [3.05, 3.63) is 29.3 Å². The average molecular weight is 271 g/mol. The van der Waals surface area contributed by atoms with Crippen LogP contribution in [0.2, 0.25) is 0 Å². The molecule has 0 aliphatic carbocycles. The van der Waals surface area contributed by atoms with Crippen molar-refractivity contribution in [3.8, 4) is 5.75 Å². The highest BCUT2D eigenvalue weighted by Gasteiger charge is 2.22. The van der Waals surface area contributed by atoms with Crippen LogP contribution in [-0.2, 0) is 11.3 Å². The van der Waals surface area contributed by atoms with Crippen LogP contribution < -0.4 is 4.74 Å². The number of hydrogen-bond donors (Lipinski definition) is 0. The fourth-order valence-electron chi connectivity index (χ4n) is 2.38. The molecule has 1 aromatic carbocycles. The summed E-state index contributed by atoms with van der Waals surface area (Å²) >= 11 is 0. The van der Waals surface area contributed by atoms with E-state index in [4.69, 9.17) is 9.47 Å². The van der Waals surface area contributed by atoms with Crippen molar-refractivity contribution in [3.63, 3.8) is 0 Å². The Morgan fingerprint density at radius 3 is 2.63 bits per heavy atom. The number of rotatable bonds is 4. The standard InChI is InChI=1S/C14H19F2NO2/c1-17(10-5-7-19-8-6-10)9-11-12(15)3-4-13(18-2)14(11)16/h3-4,10H,5-9H2,1-2H3. The topological polar surface area (TPSA) is 21.7 Å². The van der Waals surface area contributed by atoms with Gasteiger partial charge in [-0.3, -0.25) is 4.90 Å². The number of halogens is 2. The predicted molar refractivity (Wildman–Crippen MR) is 68.2 cm³/mol. The van der Waals surface area contributed by atoms with Crippen LogP contribution in [0.4, 0.5) is 8.78 Å². The molecule has 19 heavy (non-hydrogen) atoms. The molecule has 1 aliphatic rings. The molecule has 0 saturated carbocycles. The second-order valence-electron chi connectivity index (χ2n) is 4.80. The molecule has 1 heterocycles. The molecule has 0 radical (unpaired) electrons. The van der Waals surface area contributed by atoms with Gasteiger partial charge in [0, 0.05) is 31.4 Å². The van der Waals surface area contributed by atoms with E-state index in [-0.39, 0.29) is 17.9 Å². The Balaban J connectivity index is 2.13. The summed E-state index contributed by atoms with van der Waals surface area (Å²) in [7, 11) is 3.26. The minimum atomic E-state index is -0.610. The highest BCUT2D eigenvalue weighted by molar-refractivity contribution is 5.32. The molecule has 0 spiro atoms. The molecular formula is C14H19F2NO2. The van der Waals surface area contributed by atoms with E-state index in [1.165, 1.54) is 19.2 Å². The first-order valence-corrected chi connectivity index (χ1v) is 6.42. The molecule has 1 fully saturated rings. The van der Waals surface area contributed by atoms with Crippen LogP contribution in [0.5, 0.6) is 5.75 Å². The smallest absolute Gasteiger partial charge is 0.172 e. The zero-order valence-corrected chi connectivity index (χ0v) is 11.3. The highest BCUT2D eigenvalue weighted by atomic mass is 19.1. The second kappa shape index (κ2) is 6.30. The first-order chi connectivity index (χ1) is 9.13. The minimum Gasteiger partial charge on any atom is -0.494 e. The number of ether oxygens (including phenoxy) is 2. The van der Waals surface area contributed by atoms with Crippen LogP contribution in [0.15, 0.2) is 12.1 Å². The molecule has 106 valence electrons. The summed E-state index contributed by atoms with van der Waals surface area (Å²) in [6.45, 7) is 1.65. The Labute approximate surface area is 112 Å². The number of nitrogens with zero attached hydrogens (tertiary/aromatic N) is 1. The third-order valence-electron chi connectivity index (χ3n) is 3.59. The summed E-state index contributed by atoms with van der Waals surface area (Å²) in [5, 5.41) is 0. The van der Waals surface area contributed by atoms with Gasteiger partial charge < -0.3 is 9.47 Å². The van der Waals surface area contributed by atoms with E-state index in [1.807, 2.05) is 11.9 Å². The van der Waals surface area contributed by atoms with Crippen molar-refractivity contribution in [2.75, 3.05) is 27.4 Å². The fraction of sp³-hybridized carbons (Fsp3) is 0.571. The van der Waals surface area contributed by atoms with E-state index in [0.29, 0.717) is 19.3 Å².